The molecule has 27 heavy (non-hydrogen) atoms. The van der Waals surface area contributed by atoms with Gasteiger partial charge in [0.15, 0.2) is 5.65 Å². The second kappa shape index (κ2) is 8.30. The highest BCUT2D eigenvalue weighted by atomic mass is 35.5. The first-order valence-electron chi connectivity index (χ1n) is 8.46. The second-order valence-electron chi connectivity index (χ2n) is 6.08. The number of fused-ring (bicyclic) bond motifs is 1. The Bertz CT molecular complexity index is 1080. The van der Waals surface area contributed by atoms with Crippen LogP contribution >= 0.6 is 35.0 Å². The van der Waals surface area contributed by atoms with Crippen LogP contribution in [0, 0.1) is 0 Å². The number of aryl methyl sites for hydroxylation is 1. The van der Waals surface area contributed by atoms with Gasteiger partial charge in [0.25, 0.3) is 0 Å². The van der Waals surface area contributed by atoms with Gasteiger partial charge in [0, 0.05) is 15.8 Å². The van der Waals surface area contributed by atoms with E-state index in [1.54, 1.807) is 24.4 Å². The summed E-state index contributed by atoms with van der Waals surface area (Å²) in [7, 11) is 0. The van der Waals surface area contributed by atoms with Gasteiger partial charge < -0.3 is 4.57 Å². The third kappa shape index (κ3) is 4.43. The lowest BCUT2D eigenvalue weighted by atomic mass is 10.2. The predicted molar refractivity (Wildman–Crippen MR) is 112 cm³/mol. The van der Waals surface area contributed by atoms with Crippen molar-refractivity contribution in [2.75, 3.05) is 5.75 Å². The maximum Gasteiger partial charge on any atom is 0.164 e. The molecule has 0 fully saturated rings. The lowest BCUT2D eigenvalue weighted by Gasteiger charge is -2.05. The quantitative estimate of drug-likeness (QED) is 0.307. The van der Waals surface area contributed by atoms with Crippen LogP contribution in [0.4, 0.5) is 0 Å². The molecule has 0 unspecified atom stereocenters. The molecule has 4 aromatic rings. The van der Waals surface area contributed by atoms with Crippen LogP contribution in [-0.4, -0.2) is 25.3 Å². The average Bonchev–Trinajstić information content (AvgIpc) is 3.06. The van der Waals surface area contributed by atoms with Crippen molar-refractivity contribution in [1.29, 1.82) is 0 Å². The Morgan fingerprint density at radius 3 is 2.41 bits per heavy atom. The molecule has 0 aliphatic rings. The molecular formula is C20H16Cl2N4S. The fraction of sp³-hybridized carbons (Fsp3) is 0.150. The largest absolute Gasteiger partial charge is 0.311 e. The van der Waals surface area contributed by atoms with Crippen LogP contribution in [0.5, 0.6) is 0 Å². The van der Waals surface area contributed by atoms with Gasteiger partial charge in [0.1, 0.15) is 16.9 Å². The Morgan fingerprint density at radius 2 is 1.63 bits per heavy atom. The minimum absolute atomic E-state index is 0.667. The van der Waals surface area contributed by atoms with Crippen molar-refractivity contribution in [3.8, 4) is 0 Å². The van der Waals surface area contributed by atoms with Crippen molar-refractivity contribution in [2.24, 2.45) is 0 Å². The Morgan fingerprint density at radius 1 is 0.889 bits per heavy atom. The van der Waals surface area contributed by atoms with Crippen LogP contribution in [0.25, 0.3) is 11.2 Å². The van der Waals surface area contributed by atoms with Gasteiger partial charge in [-0.15, -0.1) is 11.8 Å². The predicted octanol–water partition coefficient (Wildman–Crippen LogP) is 5.52. The van der Waals surface area contributed by atoms with Crippen molar-refractivity contribution in [3.05, 3.63) is 82.4 Å². The maximum absolute atomic E-state index is 6.08. The molecule has 4 rings (SSSR count). The van der Waals surface area contributed by atoms with E-state index in [0.29, 0.717) is 6.54 Å². The minimum Gasteiger partial charge on any atom is -0.311 e. The number of hydrogen-bond acceptors (Lipinski definition) is 4. The summed E-state index contributed by atoms with van der Waals surface area (Å²) in [5.74, 6) is 0.896. The molecule has 2 aromatic heterocycles. The zero-order valence-electron chi connectivity index (χ0n) is 14.3. The van der Waals surface area contributed by atoms with Crippen LogP contribution in [0.3, 0.4) is 0 Å². The van der Waals surface area contributed by atoms with Gasteiger partial charge in [0.05, 0.1) is 12.9 Å². The summed E-state index contributed by atoms with van der Waals surface area (Å²) in [6.45, 7) is 0.667. The molecule has 0 aliphatic heterocycles. The van der Waals surface area contributed by atoms with Crippen molar-refractivity contribution in [2.45, 2.75) is 18.0 Å². The van der Waals surface area contributed by atoms with E-state index in [2.05, 4.69) is 21.0 Å². The molecular weight excluding hydrogens is 399 g/mol. The van der Waals surface area contributed by atoms with E-state index in [4.69, 9.17) is 23.2 Å². The number of imidazole rings is 1. The van der Waals surface area contributed by atoms with E-state index in [0.717, 1.165) is 44.0 Å². The molecule has 2 aromatic carbocycles. The second-order valence-corrected chi connectivity index (χ2v) is 8.04. The van der Waals surface area contributed by atoms with Crippen LogP contribution in [-0.2, 0) is 13.0 Å². The Balaban J connectivity index is 1.50. The molecule has 0 saturated carbocycles. The number of hydrogen-bond donors (Lipinski definition) is 0. The van der Waals surface area contributed by atoms with Crippen LogP contribution in [0.2, 0.25) is 10.0 Å². The number of benzene rings is 2. The number of halogens is 2. The van der Waals surface area contributed by atoms with Crippen LogP contribution in [0.1, 0.15) is 11.1 Å². The standard InChI is InChI=1S/C20H16Cl2N4S/c21-16-5-1-3-14(9-16)7-8-27-20-18-19(23-12-24-20)26(13-25-18)11-15-4-2-6-17(22)10-15/h1-6,9-10,12-13H,7-8,11H2. The summed E-state index contributed by atoms with van der Waals surface area (Å²) < 4.78 is 2.02. The molecule has 7 heteroatoms. The third-order valence-corrected chi connectivity index (χ3v) is 5.58. The first-order valence-corrected chi connectivity index (χ1v) is 10.2. The normalized spacial score (nSPS) is 11.2. The molecule has 0 radical (unpaired) electrons. The molecule has 0 spiro atoms. The number of thioether (sulfide) groups is 1. The highest BCUT2D eigenvalue weighted by Gasteiger charge is 2.11. The number of aromatic nitrogens is 4. The lowest BCUT2D eigenvalue weighted by molar-refractivity contribution is 0.812. The van der Waals surface area contributed by atoms with Crippen molar-refractivity contribution in [1.82, 2.24) is 19.5 Å². The zero-order chi connectivity index (χ0) is 18.6. The van der Waals surface area contributed by atoms with E-state index in [1.807, 2.05) is 47.0 Å². The van der Waals surface area contributed by atoms with Crippen molar-refractivity contribution >= 4 is 46.1 Å². The fourth-order valence-electron chi connectivity index (χ4n) is 2.87. The van der Waals surface area contributed by atoms with E-state index < -0.39 is 0 Å². The summed E-state index contributed by atoms with van der Waals surface area (Å²) in [6.07, 6.45) is 4.32. The molecule has 0 amide bonds. The summed E-state index contributed by atoms with van der Waals surface area (Å²) >= 11 is 13.8. The lowest BCUT2D eigenvalue weighted by Crippen LogP contribution is -2.00. The van der Waals surface area contributed by atoms with Crippen LogP contribution in [0.15, 0.2) is 66.2 Å². The van der Waals surface area contributed by atoms with Gasteiger partial charge in [-0.25, -0.2) is 15.0 Å². The molecule has 0 aliphatic carbocycles. The smallest absolute Gasteiger partial charge is 0.164 e. The fourth-order valence-corrected chi connectivity index (χ4v) is 4.23. The van der Waals surface area contributed by atoms with Gasteiger partial charge in [-0.2, -0.15) is 0 Å². The van der Waals surface area contributed by atoms with Gasteiger partial charge in [0.2, 0.25) is 0 Å². The summed E-state index contributed by atoms with van der Waals surface area (Å²) in [4.78, 5) is 13.4. The average molecular weight is 415 g/mol. The number of rotatable bonds is 6. The third-order valence-electron chi connectivity index (χ3n) is 4.13. The first-order chi connectivity index (χ1) is 13.2. The zero-order valence-corrected chi connectivity index (χ0v) is 16.7. The van der Waals surface area contributed by atoms with Gasteiger partial charge >= 0.3 is 0 Å². The Hall–Kier alpha value is -2.08. The van der Waals surface area contributed by atoms with Crippen molar-refractivity contribution in [3.63, 3.8) is 0 Å². The first kappa shape index (κ1) is 18.3. The molecule has 0 N–H and O–H groups in total. The molecule has 2 heterocycles. The maximum atomic E-state index is 6.08. The van der Waals surface area contributed by atoms with E-state index in [1.165, 1.54) is 5.56 Å². The Labute approximate surface area is 171 Å². The summed E-state index contributed by atoms with van der Waals surface area (Å²) in [5.41, 5.74) is 3.98. The molecule has 136 valence electrons. The van der Waals surface area contributed by atoms with Gasteiger partial charge in [-0.3, -0.25) is 0 Å². The van der Waals surface area contributed by atoms with E-state index in [-0.39, 0.29) is 0 Å². The van der Waals surface area contributed by atoms with Crippen molar-refractivity contribution < 1.29 is 0 Å². The topological polar surface area (TPSA) is 43.6 Å². The monoisotopic (exact) mass is 414 g/mol. The van der Waals surface area contributed by atoms with Gasteiger partial charge in [-0.1, -0.05) is 47.5 Å². The Kier molecular flexibility index (Phi) is 5.62. The van der Waals surface area contributed by atoms with E-state index in [9.17, 15) is 0 Å². The van der Waals surface area contributed by atoms with Crippen LogP contribution < -0.4 is 0 Å². The van der Waals surface area contributed by atoms with E-state index >= 15 is 0 Å². The molecule has 0 atom stereocenters. The molecule has 4 nitrogen and oxygen atoms in total. The SMILES string of the molecule is Clc1cccc(CCSc2ncnc3c2ncn3Cc2cccc(Cl)c2)c1. The molecule has 0 saturated heterocycles. The minimum atomic E-state index is 0.667. The number of nitrogens with zero attached hydrogens (tertiary/aromatic N) is 4. The molecule has 0 bridgehead atoms. The highest BCUT2D eigenvalue weighted by molar-refractivity contribution is 7.99. The highest BCUT2D eigenvalue weighted by Crippen LogP contribution is 2.25. The summed E-state index contributed by atoms with van der Waals surface area (Å²) in [6, 6.07) is 15.8. The van der Waals surface area contributed by atoms with Gasteiger partial charge in [-0.05, 0) is 41.8 Å². The summed E-state index contributed by atoms with van der Waals surface area (Å²) in [5, 5.41) is 2.39.